The first kappa shape index (κ1) is 8.29. The molecular formula is C9H13N3O. The van der Waals surface area contributed by atoms with E-state index in [4.69, 9.17) is 0 Å². The second-order valence-electron chi connectivity index (χ2n) is 3.58. The molecular weight excluding hydrogens is 166 g/mol. The maximum Gasteiger partial charge on any atom is 0.269 e. The SMILES string of the molecule is CC(C)c1cnn2c1C(=O)NCC2. The van der Waals surface area contributed by atoms with Crippen LogP contribution in [0.4, 0.5) is 0 Å². The Morgan fingerprint density at radius 2 is 2.38 bits per heavy atom. The van der Waals surface area contributed by atoms with Gasteiger partial charge in [0.1, 0.15) is 5.69 Å². The molecule has 0 spiro atoms. The highest BCUT2D eigenvalue weighted by molar-refractivity contribution is 5.94. The molecule has 0 aromatic carbocycles. The van der Waals surface area contributed by atoms with Crippen LogP contribution in [0.2, 0.25) is 0 Å². The van der Waals surface area contributed by atoms with Crippen molar-refractivity contribution >= 4 is 5.91 Å². The molecule has 0 saturated carbocycles. The smallest absolute Gasteiger partial charge is 0.269 e. The summed E-state index contributed by atoms with van der Waals surface area (Å²) < 4.78 is 1.79. The number of nitrogens with one attached hydrogen (secondary N) is 1. The average molecular weight is 179 g/mol. The molecule has 2 heterocycles. The van der Waals surface area contributed by atoms with Crippen molar-refractivity contribution in [3.05, 3.63) is 17.5 Å². The fourth-order valence-corrected chi connectivity index (χ4v) is 1.60. The Hall–Kier alpha value is -1.32. The summed E-state index contributed by atoms with van der Waals surface area (Å²) >= 11 is 0. The van der Waals surface area contributed by atoms with Crippen LogP contribution in [-0.4, -0.2) is 22.2 Å². The van der Waals surface area contributed by atoms with Gasteiger partial charge in [0.05, 0.1) is 12.7 Å². The van der Waals surface area contributed by atoms with Gasteiger partial charge in [0.25, 0.3) is 5.91 Å². The predicted octanol–water partition coefficient (Wildman–Crippen LogP) is 0.750. The van der Waals surface area contributed by atoms with Gasteiger partial charge < -0.3 is 5.32 Å². The van der Waals surface area contributed by atoms with Crippen LogP contribution in [0.3, 0.4) is 0 Å². The van der Waals surface area contributed by atoms with E-state index < -0.39 is 0 Å². The lowest BCUT2D eigenvalue weighted by Crippen LogP contribution is -2.36. The molecule has 2 rings (SSSR count). The largest absolute Gasteiger partial charge is 0.349 e. The summed E-state index contributed by atoms with van der Waals surface area (Å²) in [5.41, 5.74) is 1.78. The third-order valence-electron chi connectivity index (χ3n) is 2.31. The Balaban J connectivity index is 2.50. The van der Waals surface area contributed by atoms with Crippen molar-refractivity contribution in [2.24, 2.45) is 0 Å². The summed E-state index contributed by atoms with van der Waals surface area (Å²) in [6.45, 7) is 5.61. The van der Waals surface area contributed by atoms with E-state index in [9.17, 15) is 4.79 Å². The molecule has 0 aliphatic carbocycles. The van der Waals surface area contributed by atoms with Gasteiger partial charge in [-0.15, -0.1) is 0 Å². The van der Waals surface area contributed by atoms with E-state index in [0.717, 1.165) is 17.8 Å². The highest BCUT2D eigenvalue weighted by Gasteiger charge is 2.22. The molecule has 0 bridgehead atoms. The third kappa shape index (κ3) is 1.22. The van der Waals surface area contributed by atoms with E-state index in [1.807, 2.05) is 0 Å². The second kappa shape index (κ2) is 2.87. The number of amides is 1. The monoisotopic (exact) mass is 179 g/mol. The van der Waals surface area contributed by atoms with Crippen LogP contribution in [0, 0.1) is 0 Å². The fraction of sp³-hybridized carbons (Fsp3) is 0.556. The molecule has 4 nitrogen and oxygen atoms in total. The zero-order valence-electron chi connectivity index (χ0n) is 7.87. The summed E-state index contributed by atoms with van der Waals surface area (Å²) in [4.78, 5) is 11.5. The van der Waals surface area contributed by atoms with Crippen molar-refractivity contribution in [2.45, 2.75) is 26.3 Å². The van der Waals surface area contributed by atoms with Gasteiger partial charge >= 0.3 is 0 Å². The number of hydrogen-bond donors (Lipinski definition) is 1. The Labute approximate surface area is 76.9 Å². The Morgan fingerprint density at radius 1 is 1.62 bits per heavy atom. The third-order valence-corrected chi connectivity index (χ3v) is 2.31. The number of carbonyl (C=O) groups is 1. The van der Waals surface area contributed by atoms with Crippen LogP contribution in [0.25, 0.3) is 0 Å². The van der Waals surface area contributed by atoms with E-state index in [2.05, 4.69) is 24.3 Å². The summed E-state index contributed by atoms with van der Waals surface area (Å²) in [6.07, 6.45) is 1.80. The van der Waals surface area contributed by atoms with Gasteiger partial charge in [-0.25, -0.2) is 0 Å². The number of aromatic nitrogens is 2. The number of hydrogen-bond acceptors (Lipinski definition) is 2. The molecule has 1 amide bonds. The zero-order chi connectivity index (χ0) is 9.42. The Morgan fingerprint density at radius 3 is 3.08 bits per heavy atom. The Bertz CT molecular complexity index is 341. The molecule has 70 valence electrons. The zero-order valence-corrected chi connectivity index (χ0v) is 7.87. The molecule has 1 N–H and O–H groups in total. The maximum absolute atomic E-state index is 11.5. The average Bonchev–Trinajstić information content (AvgIpc) is 2.49. The first-order valence-corrected chi connectivity index (χ1v) is 4.54. The van der Waals surface area contributed by atoms with E-state index in [1.165, 1.54) is 0 Å². The van der Waals surface area contributed by atoms with Gasteiger partial charge in [0.2, 0.25) is 0 Å². The molecule has 1 aromatic heterocycles. The molecule has 1 aliphatic rings. The van der Waals surface area contributed by atoms with E-state index in [-0.39, 0.29) is 5.91 Å². The van der Waals surface area contributed by atoms with Gasteiger partial charge in [-0.05, 0) is 5.92 Å². The predicted molar refractivity (Wildman–Crippen MR) is 48.6 cm³/mol. The van der Waals surface area contributed by atoms with Gasteiger partial charge in [-0.3, -0.25) is 9.48 Å². The van der Waals surface area contributed by atoms with Crippen molar-refractivity contribution in [2.75, 3.05) is 6.54 Å². The minimum Gasteiger partial charge on any atom is -0.349 e. The van der Waals surface area contributed by atoms with Crippen LogP contribution in [0.5, 0.6) is 0 Å². The molecule has 1 aliphatic heterocycles. The summed E-state index contributed by atoms with van der Waals surface area (Å²) in [6, 6.07) is 0. The van der Waals surface area contributed by atoms with Gasteiger partial charge in [-0.2, -0.15) is 5.10 Å². The highest BCUT2D eigenvalue weighted by atomic mass is 16.2. The van der Waals surface area contributed by atoms with Crippen molar-refractivity contribution in [1.29, 1.82) is 0 Å². The van der Waals surface area contributed by atoms with Crippen LogP contribution in [0.15, 0.2) is 6.20 Å². The number of carbonyl (C=O) groups excluding carboxylic acids is 1. The Kier molecular flexibility index (Phi) is 1.83. The molecule has 0 atom stereocenters. The van der Waals surface area contributed by atoms with Crippen molar-refractivity contribution in [3.63, 3.8) is 0 Å². The lowest BCUT2D eigenvalue weighted by molar-refractivity contribution is 0.0923. The molecule has 1 aromatic rings. The van der Waals surface area contributed by atoms with Crippen LogP contribution >= 0.6 is 0 Å². The minimum absolute atomic E-state index is 0.00690. The molecule has 0 fully saturated rings. The van der Waals surface area contributed by atoms with Crippen molar-refractivity contribution in [1.82, 2.24) is 15.1 Å². The first-order valence-electron chi connectivity index (χ1n) is 4.54. The number of rotatable bonds is 1. The second-order valence-corrected chi connectivity index (χ2v) is 3.58. The van der Waals surface area contributed by atoms with Crippen molar-refractivity contribution < 1.29 is 4.79 Å². The lowest BCUT2D eigenvalue weighted by atomic mass is 10.0. The molecule has 13 heavy (non-hydrogen) atoms. The lowest BCUT2D eigenvalue weighted by Gasteiger charge is -2.16. The molecule has 4 heteroatoms. The van der Waals surface area contributed by atoms with Gasteiger partial charge in [0.15, 0.2) is 0 Å². The molecule has 0 radical (unpaired) electrons. The van der Waals surface area contributed by atoms with E-state index >= 15 is 0 Å². The van der Waals surface area contributed by atoms with Crippen LogP contribution in [0.1, 0.15) is 35.8 Å². The number of nitrogens with zero attached hydrogens (tertiary/aromatic N) is 2. The highest BCUT2D eigenvalue weighted by Crippen LogP contribution is 2.20. The van der Waals surface area contributed by atoms with Gasteiger partial charge in [-0.1, -0.05) is 13.8 Å². The summed E-state index contributed by atoms with van der Waals surface area (Å²) in [5.74, 6) is 0.361. The summed E-state index contributed by atoms with van der Waals surface area (Å²) in [5, 5.41) is 7.00. The normalized spacial score (nSPS) is 15.8. The quantitative estimate of drug-likeness (QED) is 0.691. The number of fused-ring (bicyclic) bond motifs is 1. The molecule has 0 saturated heterocycles. The van der Waals surface area contributed by atoms with E-state index in [1.54, 1.807) is 10.9 Å². The summed E-state index contributed by atoms with van der Waals surface area (Å²) in [7, 11) is 0. The van der Waals surface area contributed by atoms with Crippen LogP contribution < -0.4 is 5.32 Å². The van der Waals surface area contributed by atoms with Crippen molar-refractivity contribution in [3.8, 4) is 0 Å². The topological polar surface area (TPSA) is 46.9 Å². The first-order chi connectivity index (χ1) is 6.20. The maximum atomic E-state index is 11.5. The minimum atomic E-state index is 0.00690. The standard InChI is InChI=1S/C9H13N3O/c1-6(2)7-5-11-12-4-3-10-9(13)8(7)12/h5-6H,3-4H2,1-2H3,(H,10,13). The van der Waals surface area contributed by atoms with Crippen LogP contribution in [-0.2, 0) is 6.54 Å². The fourth-order valence-electron chi connectivity index (χ4n) is 1.60. The molecule has 0 unspecified atom stereocenters. The van der Waals surface area contributed by atoms with Gasteiger partial charge in [0, 0.05) is 12.1 Å². The van der Waals surface area contributed by atoms with E-state index in [0.29, 0.717) is 12.5 Å².